The van der Waals surface area contributed by atoms with E-state index >= 15 is 0 Å². The van der Waals surface area contributed by atoms with Gasteiger partial charge in [0.2, 0.25) is 0 Å². The standard InChI is InChI=1S/C15H19NO5/c1-3-11-5-4-6-12-13(11)15(18)16(14(12)17)21-10-9-20-8-7-19-2/h4-6H,3,7-10H2,1-2H3. The molecule has 1 aliphatic rings. The van der Waals surface area contributed by atoms with Crippen LogP contribution < -0.4 is 0 Å². The van der Waals surface area contributed by atoms with Crippen LogP contribution in [0, 0.1) is 0 Å². The third kappa shape index (κ3) is 3.29. The van der Waals surface area contributed by atoms with Crippen LogP contribution in [0.15, 0.2) is 18.2 Å². The first-order valence-electron chi connectivity index (χ1n) is 6.91. The maximum atomic E-state index is 12.3. The molecule has 1 aromatic carbocycles. The Hall–Kier alpha value is -1.76. The molecule has 114 valence electrons. The molecule has 0 atom stereocenters. The monoisotopic (exact) mass is 293 g/mol. The van der Waals surface area contributed by atoms with Crippen molar-refractivity contribution in [3.8, 4) is 0 Å². The largest absolute Gasteiger partial charge is 0.382 e. The van der Waals surface area contributed by atoms with Crippen molar-refractivity contribution in [3.63, 3.8) is 0 Å². The highest BCUT2D eigenvalue weighted by molar-refractivity contribution is 6.21. The van der Waals surface area contributed by atoms with Gasteiger partial charge in [-0.05, 0) is 18.1 Å². The van der Waals surface area contributed by atoms with Gasteiger partial charge in [0.15, 0.2) is 0 Å². The number of benzene rings is 1. The van der Waals surface area contributed by atoms with E-state index in [2.05, 4.69) is 0 Å². The molecule has 0 bridgehead atoms. The summed E-state index contributed by atoms with van der Waals surface area (Å²) in [5, 5.41) is 0.823. The summed E-state index contributed by atoms with van der Waals surface area (Å²) in [6.07, 6.45) is 0.691. The minimum absolute atomic E-state index is 0.136. The van der Waals surface area contributed by atoms with Crippen molar-refractivity contribution in [1.82, 2.24) is 5.06 Å². The summed E-state index contributed by atoms with van der Waals surface area (Å²) in [7, 11) is 1.59. The molecule has 21 heavy (non-hydrogen) atoms. The SMILES string of the molecule is CCc1cccc2c1C(=O)N(OCCOCCOC)C2=O. The van der Waals surface area contributed by atoms with Gasteiger partial charge in [-0.2, -0.15) is 0 Å². The molecule has 0 radical (unpaired) electrons. The Labute approximate surface area is 123 Å². The second-order valence-corrected chi connectivity index (χ2v) is 4.54. The number of rotatable bonds is 8. The van der Waals surface area contributed by atoms with E-state index in [9.17, 15) is 9.59 Å². The average molecular weight is 293 g/mol. The van der Waals surface area contributed by atoms with Gasteiger partial charge in [-0.25, -0.2) is 0 Å². The molecule has 6 nitrogen and oxygen atoms in total. The third-order valence-corrected chi connectivity index (χ3v) is 3.22. The van der Waals surface area contributed by atoms with Gasteiger partial charge in [0.05, 0.1) is 37.6 Å². The Bertz CT molecular complexity index is 529. The van der Waals surface area contributed by atoms with E-state index in [4.69, 9.17) is 14.3 Å². The molecule has 0 fully saturated rings. The van der Waals surface area contributed by atoms with Crippen molar-refractivity contribution >= 4 is 11.8 Å². The fourth-order valence-corrected chi connectivity index (χ4v) is 2.18. The number of carbonyl (C=O) groups is 2. The zero-order valence-corrected chi connectivity index (χ0v) is 12.3. The van der Waals surface area contributed by atoms with Crippen molar-refractivity contribution in [2.45, 2.75) is 13.3 Å². The minimum Gasteiger partial charge on any atom is -0.382 e. The summed E-state index contributed by atoms with van der Waals surface area (Å²) in [6.45, 7) is 3.31. The second kappa shape index (κ2) is 7.31. The van der Waals surface area contributed by atoms with Crippen molar-refractivity contribution < 1.29 is 23.9 Å². The molecule has 0 saturated heterocycles. The van der Waals surface area contributed by atoms with Gasteiger partial charge < -0.3 is 9.47 Å². The number of imide groups is 1. The van der Waals surface area contributed by atoms with Crippen molar-refractivity contribution in [3.05, 3.63) is 34.9 Å². The zero-order valence-electron chi connectivity index (χ0n) is 12.3. The highest BCUT2D eigenvalue weighted by Crippen LogP contribution is 2.26. The lowest BCUT2D eigenvalue weighted by atomic mass is 10.0. The van der Waals surface area contributed by atoms with Crippen LogP contribution in [0.5, 0.6) is 0 Å². The molecule has 6 heteroatoms. The molecule has 0 N–H and O–H groups in total. The van der Waals surface area contributed by atoms with E-state index in [1.165, 1.54) is 0 Å². The van der Waals surface area contributed by atoms with Crippen molar-refractivity contribution in [1.29, 1.82) is 0 Å². The van der Waals surface area contributed by atoms with Gasteiger partial charge in [0, 0.05) is 7.11 Å². The van der Waals surface area contributed by atoms with Crippen LogP contribution >= 0.6 is 0 Å². The minimum atomic E-state index is -0.415. The lowest BCUT2D eigenvalue weighted by molar-refractivity contribution is -0.107. The quantitative estimate of drug-likeness (QED) is 0.536. The molecule has 0 aromatic heterocycles. The van der Waals surface area contributed by atoms with Gasteiger partial charge >= 0.3 is 0 Å². The Morgan fingerprint density at radius 1 is 1.05 bits per heavy atom. The predicted molar refractivity (Wildman–Crippen MR) is 75.0 cm³/mol. The molecular weight excluding hydrogens is 274 g/mol. The maximum Gasteiger partial charge on any atom is 0.286 e. The molecule has 1 aliphatic heterocycles. The van der Waals surface area contributed by atoms with Crippen LogP contribution in [0.4, 0.5) is 0 Å². The van der Waals surface area contributed by atoms with Gasteiger partial charge in [-0.3, -0.25) is 14.4 Å². The molecule has 0 unspecified atom stereocenters. The number of carbonyl (C=O) groups excluding carboxylic acids is 2. The molecule has 0 saturated carbocycles. The molecular formula is C15H19NO5. The van der Waals surface area contributed by atoms with E-state index in [0.717, 1.165) is 10.6 Å². The van der Waals surface area contributed by atoms with Gasteiger partial charge in [0.25, 0.3) is 11.8 Å². The van der Waals surface area contributed by atoms with E-state index in [1.54, 1.807) is 19.2 Å². The fourth-order valence-electron chi connectivity index (χ4n) is 2.18. The van der Waals surface area contributed by atoms with Crippen LogP contribution in [-0.2, 0) is 20.7 Å². The van der Waals surface area contributed by atoms with Gasteiger partial charge in [-0.1, -0.05) is 19.1 Å². The number of hydrogen-bond acceptors (Lipinski definition) is 5. The number of ether oxygens (including phenoxy) is 2. The number of amides is 2. The van der Waals surface area contributed by atoms with E-state index in [0.29, 0.717) is 30.8 Å². The first kappa shape index (κ1) is 15.6. The van der Waals surface area contributed by atoms with Crippen LogP contribution in [-0.4, -0.2) is 50.4 Å². The van der Waals surface area contributed by atoms with Gasteiger partial charge in [0.1, 0.15) is 0 Å². The topological polar surface area (TPSA) is 65.1 Å². The molecule has 0 aliphatic carbocycles. The molecule has 0 spiro atoms. The summed E-state index contributed by atoms with van der Waals surface area (Å²) >= 11 is 0. The molecule has 2 rings (SSSR count). The van der Waals surface area contributed by atoms with Crippen LogP contribution in [0.2, 0.25) is 0 Å². The number of hydrogen-bond donors (Lipinski definition) is 0. The van der Waals surface area contributed by atoms with Crippen LogP contribution in [0.25, 0.3) is 0 Å². The predicted octanol–water partition coefficient (Wildman–Crippen LogP) is 1.44. The Morgan fingerprint density at radius 2 is 1.81 bits per heavy atom. The number of hydroxylamine groups is 2. The van der Waals surface area contributed by atoms with Crippen LogP contribution in [0.3, 0.4) is 0 Å². The van der Waals surface area contributed by atoms with E-state index < -0.39 is 11.8 Å². The summed E-state index contributed by atoms with van der Waals surface area (Å²) in [4.78, 5) is 29.7. The number of nitrogens with zero attached hydrogens (tertiary/aromatic N) is 1. The van der Waals surface area contributed by atoms with Crippen molar-refractivity contribution in [2.75, 3.05) is 33.5 Å². The van der Waals surface area contributed by atoms with Crippen LogP contribution in [0.1, 0.15) is 33.2 Å². The zero-order chi connectivity index (χ0) is 15.2. The normalized spacial score (nSPS) is 13.9. The van der Waals surface area contributed by atoms with Gasteiger partial charge in [-0.15, -0.1) is 5.06 Å². The summed E-state index contributed by atoms with van der Waals surface area (Å²) in [5.74, 6) is -0.813. The Kier molecular flexibility index (Phi) is 5.44. The third-order valence-electron chi connectivity index (χ3n) is 3.22. The lowest BCUT2D eigenvalue weighted by Gasteiger charge is -2.13. The summed E-state index contributed by atoms with van der Waals surface area (Å²) in [5.41, 5.74) is 1.71. The first-order valence-corrected chi connectivity index (χ1v) is 6.91. The molecule has 1 heterocycles. The average Bonchev–Trinajstić information content (AvgIpc) is 2.75. The Balaban J connectivity index is 1.95. The Morgan fingerprint density at radius 3 is 2.52 bits per heavy atom. The number of aryl methyl sites for hydroxylation is 1. The summed E-state index contributed by atoms with van der Waals surface area (Å²) < 4.78 is 10.1. The lowest BCUT2D eigenvalue weighted by Crippen LogP contribution is -2.31. The van der Waals surface area contributed by atoms with E-state index in [-0.39, 0.29) is 13.2 Å². The first-order chi connectivity index (χ1) is 10.2. The highest BCUT2D eigenvalue weighted by Gasteiger charge is 2.38. The smallest absolute Gasteiger partial charge is 0.286 e. The molecule has 2 amide bonds. The number of methoxy groups -OCH3 is 1. The fraction of sp³-hybridized carbons (Fsp3) is 0.467. The number of fused-ring (bicyclic) bond motifs is 1. The second-order valence-electron chi connectivity index (χ2n) is 4.54. The van der Waals surface area contributed by atoms with E-state index in [1.807, 2.05) is 13.0 Å². The van der Waals surface area contributed by atoms with Crippen molar-refractivity contribution in [2.24, 2.45) is 0 Å². The molecule has 1 aromatic rings. The maximum absolute atomic E-state index is 12.3. The summed E-state index contributed by atoms with van der Waals surface area (Å²) in [6, 6.07) is 5.27. The highest BCUT2D eigenvalue weighted by atomic mass is 16.7.